The highest BCUT2D eigenvalue weighted by atomic mass is 35.5. The van der Waals surface area contributed by atoms with E-state index in [1.807, 2.05) is 6.07 Å². The van der Waals surface area contributed by atoms with Crippen LogP contribution in [0.15, 0.2) is 65.6 Å². The van der Waals surface area contributed by atoms with Crippen molar-refractivity contribution < 1.29 is 15.0 Å². The Kier molecular flexibility index (Phi) is 7.12. The number of aromatic nitrogens is 1. The van der Waals surface area contributed by atoms with E-state index in [0.29, 0.717) is 31.2 Å². The number of fused-ring (bicyclic) bond motifs is 1. The second-order valence-electron chi connectivity index (χ2n) is 8.58. The van der Waals surface area contributed by atoms with Crippen LogP contribution < -0.4 is 16.5 Å². The van der Waals surface area contributed by atoms with E-state index in [1.54, 1.807) is 67.1 Å². The van der Waals surface area contributed by atoms with E-state index >= 15 is 0 Å². The van der Waals surface area contributed by atoms with Crippen LogP contribution in [0, 0.1) is 6.92 Å². The van der Waals surface area contributed by atoms with Crippen LogP contribution in [0.5, 0.6) is 0 Å². The number of pyridine rings is 1. The van der Waals surface area contributed by atoms with Gasteiger partial charge < -0.3 is 20.1 Å². The first kappa shape index (κ1) is 25.1. The minimum atomic E-state index is -1.88. The molecule has 0 spiro atoms. The standard InChI is InChI=1S/C26H26ClN3O4S/c1-15-21-23(35-24(15)26(28,34)12-20(31)17-6-4-3-5-7-17)22(32)19(14-30(21)2)25(33)29-13-16-8-10-18(27)11-9-16/h3-11,14,20,31,34H,12-13,28H2,1-2H3,(H,29,33). The zero-order valence-electron chi connectivity index (χ0n) is 19.3. The fraction of sp³-hybridized carbons (Fsp3) is 0.231. The van der Waals surface area contributed by atoms with Gasteiger partial charge in [0.25, 0.3) is 5.91 Å². The number of carbonyl (C=O) groups excluding carboxylic acids is 1. The van der Waals surface area contributed by atoms with Gasteiger partial charge in [-0.1, -0.05) is 54.1 Å². The van der Waals surface area contributed by atoms with E-state index in [9.17, 15) is 19.8 Å². The third-order valence-electron chi connectivity index (χ3n) is 5.93. The van der Waals surface area contributed by atoms with Crippen LogP contribution in [0.25, 0.3) is 10.2 Å². The van der Waals surface area contributed by atoms with Gasteiger partial charge in [0.05, 0.1) is 21.2 Å². The molecule has 35 heavy (non-hydrogen) atoms. The van der Waals surface area contributed by atoms with Gasteiger partial charge in [-0.3, -0.25) is 15.3 Å². The van der Waals surface area contributed by atoms with Gasteiger partial charge in [0.15, 0.2) is 5.72 Å². The lowest BCUT2D eigenvalue weighted by Crippen LogP contribution is -2.37. The van der Waals surface area contributed by atoms with Crippen molar-refractivity contribution in [2.24, 2.45) is 12.8 Å². The summed E-state index contributed by atoms with van der Waals surface area (Å²) in [5.41, 5.74) is 6.64. The number of hydrogen-bond acceptors (Lipinski definition) is 6. The Morgan fingerprint density at radius 3 is 2.51 bits per heavy atom. The second-order valence-corrected chi connectivity index (χ2v) is 10.0. The number of aliphatic hydroxyl groups is 2. The summed E-state index contributed by atoms with van der Waals surface area (Å²) in [5.74, 6) is -0.502. The predicted octanol–water partition coefficient (Wildman–Crippen LogP) is 3.72. The molecule has 5 N–H and O–H groups in total. The summed E-state index contributed by atoms with van der Waals surface area (Å²) in [4.78, 5) is 26.5. The first-order valence-corrected chi connectivity index (χ1v) is 12.2. The van der Waals surface area contributed by atoms with Crippen LogP contribution >= 0.6 is 22.9 Å². The van der Waals surface area contributed by atoms with E-state index < -0.39 is 23.2 Å². The summed E-state index contributed by atoms with van der Waals surface area (Å²) in [6, 6.07) is 16.0. The van der Waals surface area contributed by atoms with Gasteiger partial charge in [-0.25, -0.2) is 0 Å². The Labute approximate surface area is 211 Å². The Balaban J connectivity index is 1.64. The number of hydrogen-bond donors (Lipinski definition) is 4. The highest BCUT2D eigenvalue weighted by Gasteiger charge is 2.33. The van der Waals surface area contributed by atoms with E-state index in [2.05, 4.69) is 5.32 Å². The number of nitrogens with two attached hydrogens (primary N) is 1. The lowest BCUT2D eigenvalue weighted by Gasteiger charge is -2.26. The van der Waals surface area contributed by atoms with Gasteiger partial charge >= 0.3 is 0 Å². The second kappa shape index (κ2) is 9.93. The number of carbonyl (C=O) groups is 1. The van der Waals surface area contributed by atoms with Gasteiger partial charge in [0.1, 0.15) is 5.56 Å². The van der Waals surface area contributed by atoms with Crippen molar-refractivity contribution in [2.75, 3.05) is 0 Å². The lowest BCUT2D eigenvalue weighted by molar-refractivity contribution is -0.00861. The quantitative estimate of drug-likeness (QED) is 0.282. The highest BCUT2D eigenvalue weighted by molar-refractivity contribution is 7.19. The number of aliphatic hydroxyl groups excluding tert-OH is 1. The molecule has 0 fully saturated rings. The Hall–Kier alpha value is -3.01. The van der Waals surface area contributed by atoms with Crippen molar-refractivity contribution in [3.8, 4) is 0 Å². The van der Waals surface area contributed by atoms with E-state index in [4.69, 9.17) is 17.3 Å². The average molecular weight is 512 g/mol. The van der Waals surface area contributed by atoms with Gasteiger partial charge in [-0.15, -0.1) is 11.3 Å². The number of aryl methyl sites for hydroxylation is 2. The van der Waals surface area contributed by atoms with Crippen LogP contribution in [0.2, 0.25) is 5.02 Å². The van der Waals surface area contributed by atoms with Gasteiger partial charge in [0.2, 0.25) is 5.43 Å². The maximum Gasteiger partial charge on any atom is 0.257 e. The molecule has 2 unspecified atom stereocenters. The number of halogens is 1. The molecule has 0 saturated carbocycles. The topological polar surface area (TPSA) is 118 Å². The monoisotopic (exact) mass is 511 g/mol. The van der Waals surface area contributed by atoms with Crippen molar-refractivity contribution >= 4 is 39.1 Å². The molecular formula is C26H26ClN3O4S. The molecule has 2 aromatic heterocycles. The molecule has 4 rings (SSSR count). The van der Waals surface area contributed by atoms with Crippen molar-refractivity contribution in [2.45, 2.75) is 31.7 Å². The molecule has 0 saturated heterocycles. The number of nitrogens with one attached hydrogen (secondary N) is 1. The highest BCUT2D eigenvalue weighted by Crippen LogP contribution is 2.38. The van der Waals surface area contributed by atoms with Crippen LogP contribution in [0.4, 0.5) is 0 Å². The molecule has 7 nitrogen and oxygen atoms in total. The number of nitrogens with zero attached hydrogens (tertiary/aromatic N) is 1. The third kappa shape index (κ3) is 5.17. The molecule has 0 aliphatic rings. The van der Waals surface area contributed by atoms with Crippen LogP contribution in [-0.4, -0.2) is 20.7 Å². The zero-order valence-corrected chi connectivity index (χ0v) is 20.9. The van der Waals surface area contributed by atoms with Crippen molar-refractivity contribution in [1.29, 1.82) is 0 Å². The molecule has 2 atom stereocenters. The number of benzene rings is 2. The molecule has 4 aromatic rings. The van der Waals surface area contributed by atoms with Crippen LogP contribution in [0.3, 0.4) is 0 Å². The molecule has 9 heteroatoms. The number of amides is 1. The molecule has 0 radical (unpaired) electrons. The van der Waals surface area contributed by atoms with E-state index in [0.717, 1.165) is 16.9 Å². The largest absolute Gasteiger partial charge is 0.388 e. The fourth-order valence-corrected chi connectivity index (χ4v) is 5.59. The number of thiophene rings is 1. The Morgan fingerprint density at radius 2 is 1.86 bits per heavy atom. The molecule has 182 valence electrons. The summed E-state index contributed by atoms with van der Waals surface area (Å²) >= 11 is 6.94. The maximum atomic E-state index is 13.3. The molecule has 1 amide bonds. The molecule has 0 aliphatic carbocycles. The maximum absolute atomic E-state index is 13.3. The number of rotatable bonds is 7. The van der Waals surface area contributed by atoms with Gasteiger partial charge in [-0.05, 0) is 35.7 Å². The minimum absolute atomic E-state index is 0.00774. The summed E-state index contributed by atoms with van der Waals surface area (Å²) in [7, 11) is 1.73. The summed E-state index contributed by atoms with van der Waals surface area (Å²) < 4.78 is 2.00. The van der Waals surface area contributed by atoms with E-state index in [-0.39, 0.29) is 18.5 Å². The Bertz CT molecular complexity index is 1430. The zero-order chi connectivity index (χ0) is 25.3. The van der Waals surface area contributed by atoms with Crippen LogP contribution in [-0.2, 0) is 19.3 Å². The lowest BCUT2D eigenvalue weighted by atomic mass is 9.97. The van der Waals surface area contributed by atoms with Crippen molar-refractivity contribution in [3.63, 3.8) is 0 Å². The van der Waals surface area contributed by atoms with Gasteiger partial charge in [0, 0.05) is 31.2 Å². The molecule has 0 aliphatic heterocycles. The predicted molar refractivity (Wildman–Crippen MR) is 139 cm³/mol. The fourth-order valence-electron chi connectivity index (χ4n) is 4.16. The van der Waals surface area contributed by atoms with Crippen molar-refractivity contribution in [1.82, 2.24) is 9.88 Å². The average Bonchev–Trinajstić information content (AvgIpc) is 3.20. The molecule has 2 heterocycles. The molecule has 2 aromatic carbocycles. The SMILES string of the molecule is Cc1c(C(N)(O)CC(O)c2ccccc2)sc2c(=O)c(C(=O)NCc3ccc(Cl)cc3)cn(C)c12. The smallest absolute Gasteiger partial charge is 0.257 e. The third-order valence-corrected chi connectivity index (χ3v) is 7.63. The van der Waals surface area contributed by atoms with Crippen molar-refractivity contribution in [3.05, 3.63) is 103 Å². The minimum Gasteiger partial charge on any atom is -0.388 e. The van der Waals surface area contributed by atoms with Gasteiger partial charge in [-0.2, -0.15) is 0 Å². The van der Waals surface area contributed by atoms with E-state index in [1.165, 1.54) is 6.20 Å². The first-order valence-electron chi connectivity index (χ1n) is 11.0. The normalized spacial score (nSPS) is 14.0. The first-order chi connectivity index (χ1) is 16.6. The summed E-state index contributed by atoms with van der Waals surface area (Å²) in [5, 5.41) is 25.1. The summed E-state index contributed by atoms with van der Waals surface area (Å²) in [6.07, 6.45) is 0.335. The molecule has 0 bridgehead atoms. The molecular weight excluding hydrogens is 486 g/mol. The van der Waals surface area contributed by atoms with Crippen LogP contribution in [0.1, 0.15) is 44.5 Å². The summed E-state index contributed by atoms with van der Waals surface area (Å²) in [6.45, 7) is 2.01. The Morgan fingerprint density at radius 1 is 1.20 bits per heavy atom.